The van der Waals surface area contributed by atoms with Crippen molar-refractivity contribution in [2.24, 2.45) is 4.99 Å². The molecule has 0 saturated carbocycles. The van der Waals surface area contributed by atoms with Gasteiger partial charge in [0.25, 0.3) is 0 Å². The molecule has 2 N–H and O–H groups in total. The number of aromatic nitrogens is 1. The minimum absolute atomic E-state index is 0. The van der Waals surface area contributed by atoms with E-state index in [2.05, 4.69) is 41.6 Å². The molecule has 0 aliphatic rings. The molecule has 1 unspecified atom stereocenters. The fourth-order valence-corrected chi connectivity index (χ4v) is 2.44. The Bertz CT molecular complexity index is 707. The van der Waals surface area contributed by atoms with E-state index in [9.17, 15) is 0 Å². The normalized spacial score (nSPS) is 12.1. The lowest BCUT2D eigenvalue weighted by Gasteiger charge is -2.20. The Morgan fingerprint density at radius 2 is 1.86 bits per heavy atom. The van der Waals surface area contributed by atoms with E-state index in [1.165, 1.54) is 0 Å². The van der Waals surface area contributed by atoms with Crippen LogP contribution in [-0.2, 0) is 6.54 Å². The summed E-state index contributed by atoms with van der Waals surface area (Å²) < 4.78 is 16.5. The molecule has 2 aromatic rings. The van der Waals surface area contributed by atoms with E-state index in [1.807, 2.05) is 24.3 Å². The van der Waals surface area contributed by atoms with Gasteiger partial charge in [-0.05, 0) is 37.5 Å². The van der Waals surface area contributed by atoms with Crippen molar-refractivity contribution in [3.63, 3.8) is 0 Å². The molecule has 0 saturated heterocycles. The quantitative estimate of drug-likeness (QED) is 0.287. The lowest BCUT2D eigenvalue weighted by atomic mass is 10.1. The first-order valence-corrected chi connectivity index (χ1v) is 9.43. The molecular formula is C20H31IN4O3. The van der Waals surface area contributed by atoms with Gasteiger partial charge in [0.1, 0.15) is 12.0 Å². The molecule has 28 heavy (non-hydrogen) atoms. The monoisotopic (exact) mass is 502 g/mol. The van der Waals surface area contributed by atoms with Crippen molar-refractivity contribution in [3.8, 4) is 11.5 Å². The van der Waals surface area contributed by atoms with Gasteiger partial charge in [0.15, 0.2) is 17.5 Å². The minimum atomic E-state index is 0. The van der Waals surface area contributed by atoms with Gasteiger partial charge in [0.05, 0.1) is 25.8 Å². The van der Waals surface area contributed by atoms with Crippen LogP contribution in [0.25, 0.3) is 0 Å². The SMILES string of the molecule is CCCOc1ccc(C(C)NC(=NC)NCc2ccon2)cc1OCCC.I. The zero-order valence-electron chi connectivity index (χ0n) is 17.0. The molecule has 0 aliphatic heterocycles. The van der Waals surface area contributed by atoms with Gasteiger partial charge in [-0.15, -0.1) is 24.0 Å². The number of benzene rings is 1. The number of hydrogen-bond acceptors (Lipinski definition) is 5. The lowest BCUT2D eigenvalue weighted by molar-refractivity contribution is 0.268. The summed E-state index contributed by atoms with van der Waals surface area (Å²) in [6.07, 6.45) is 3.46. The van der Waals surface area contributed by atoms with Crippen LogP contribution in [0.2, 0.25) is 0 Å². The number of guanidine groups is 1. The van der Waals surface area contributed by atoms with Crippen LogP contribution >= 0.6 is 24.0 Å². The highest BCUT2D eigenvalue weighted by atomic mass is 127. The molecule has 0 radical (unpaired) electrons. The van der Waals surface area contributed by atoms with E-state index in [0.717, 1.165) is 35.6 Å². The van der Waals surface area contributed by atoms with Crippen LogP contribution in [0.1, 0.15) is 50.9 Å². The molecule has 8 heteroatoms. The van der Waals surface area contributed by atoms with Gasteiger partial charge in [0.2, 0.25) is 0 Å². The molecule has 7 nitrogen and oxygen atoms in total. The predicted octanol–water partition coefficient (Wildman–Crippen LogP) is 4.30. The van der Waals surface area contributed by atoms with Crippen LogP contribution in [0.3, 0.4) is 0 Å². The first kappa shape index (κ1) is 24.1. The molecule has 1 heterocycles. The zero-order chi connectivity index (χ0) is 19.5. The lowest BCUT2D eigenvalue weighted by Crippen LogP contribution is -2.38. The maximum atomic E-state index is 5.88. The Morgan fingerprint density at radius 3 is 2.46 bits per heavy atom. The molecule has 0 spiro atoms. The maximum Gasteiger partial charge on any atom is 0.191 e. The standard InChI is InChI=1S/C20H30N4O3.HI/c1-5-10-25-18-8-7-16(13-19(18)26-11-6-2)15(3)23-20(21-4)22-14-17-9-12-27-24-17;/h7-9,12-13,15H,5-6,10-11,14H2,1-4H3,(H2,21,22,23);1H. The van der Waals surface area contributed by atoms with E-state index >= 15 is 0 Å². The molecule has 156 valence electrons. The average Bonchev–Trinajstić information content (AvgIpc) is 3.21. The number of ether oxygens (including phenoxy) is 2. The van der Waals surface area contributed by atoms with Gasteiger partial charge in [-0.2, -0.15) is 0 Å². The Kier molecular flexibility index (Phi) is 11.4. The summed E-state index contributed by atoms with van der Waals surface area (Å²) in [5.74, 6) is 2.25. The van der Waals surface area contributed by atoms with E-state index in [4.69, 9.17) is 14.0 Å². The fraction of sp³-hybridized carbons (Fsp3) is 0.500. The average molecular weight is 502 g/mol. The van der Waals surface area contributed by atoms with Gasteiger partial charge in [-0.1, -0.05) is 25.1 Å². The van der Waals surface area contributed by atoms with Crippen LogP contribution in [0.5, 0.6) is 11.5 Å². The summed E-state index contributed by atoms with van der Waals surface area (Å²) in [5, 5.41) is 10.5. The van der Waals surface area contributed by atoms with Crippen LogP contribution in [0, 0.1) is 0 Å². The Labute approximate surface area is 184 Å². The van der Waals surface area contributed by atoms with Crippen molar-refractivity contribution in [3.05, 3.63) is 41.8 Å². The smallest absolute Gasteiger partial charge is 0.191 e. The second kappa shape index (κ2) is 13.2. The molecule has 2 rings (SSSR count). The number of nitrogens with one attached hydrogen (secondary N) is 2. The van der Waals surface area contributed by atoms with Crippen LogP contribution < -0.4 is 20.1 Å². The highest BCUT2D eigenvalue weighted by Gasteiger charge is 2.13. The topological polar surface area (TPSA) is 80.9 Å². The highest BCUT2D eigenvalue weighted by Crippen LogP contribution is 2.31. The third-order valence-corrected chi connectivity index (χ3v) is 3.90. The summed E-state index contributed by atoms with van der Waals surface area (Å²) in [5.41, 5.74) is 1.91. The molecule has 0 amide bonds. The second-order valence-corrected chi connectivity index (χ2v) is 6.19. The maximum absolute atomic E-state index is 5.88. The van der Waals surface area contributed by atoms with Crippen molar-refractivity contribution >= 4 is 29.9 Å². The number of rotatable bonds is 10. The number of aliphatic imine (C=N–C) groups is 1. The molecule has 1 atom stereocenters. The van der Waals surface area contributed by atoms with Crippen LogP contribution in [0.15, 0.2) is 40.0 Å². The zero-order valence-corrected chi connectivity index (χ0v) is 19.4. The summed E-state index contributed by atoms with van der Waals surface area (Å²) in [6, 6.07) is 7.91. The van der Waals surface area contributed by atoms with Gasteiger partial charge in [-0.25, -0.2) is 0 Å². The second-order valence-electron chi connectivity index (χ2n) is 6.19. The van der Waals surface area contributed by atoms with Gasteiger partial charge in [0, 0.05) is 13.1 Å². The molecule has 0 aliphatic carbocycles. The van der Waals surface area contributed by atoms with Gasteiger partial charge >= 0.3 is 0 Å². The van der Waals surface area contributed by atoms with E-state index in [0.29, 0.717) is 25.7 Å². The van der Waals surface area contributed by atoms with E-state index in [-0.39, 0.29) is 30.0 Å². The van der Waals surface area contributed by atoms with Crippen molar-refractivity contribution < 1.29 is 14.0 Å². The molecule has 0 bridgehead atoms. The number of nitrogens with zero attached hydrogens (tertiary/aromatic N) is 2. The summed E-state index contributed by atoms with van der Waals surface area (Å²) in [4.78, 5) is 4.26. The third-order valence-electron chi connectivity index (χ3n) is 3.90. The number of halogens is 1. The van der Waals surface area contributed by atoms with Crippen molar-refractivity contribution in [1.82, 2.24) is 15.8 Å². The summed E-state index contributed by atoms with van der Waals surface area (Å²) in [7, 11) is 1.74. The van der Waals surface area contributed by atoms with Crippen LogP contribution in [-0.4, -0.2) is 31.4 Å². The summed E-state index contributed by atoms with van der Waals surface area (Å²) >= 11 is 0. The summed E-state index contributed by atoms with van der Waals surface area (Å²) in [6.45, 7) is 8.13. The first-order valence-electron chi connectivity index (χ1n) is 9.43. The van der Waals surface area contributed by atoms with Crippen LogP contribution in [0.4, 0.5) is 0 Å². The highest BCUT2D eigenvalue weighted by molar-refractivity contribution is 14.0. The Hall–Kier alpha value is -1.97. The first-order chi connectivity index (χ1) is 13.2. The third kappa shape index (κ3) is 7.57. The van der Waals surface area contributed by atoms with Gasteiger partial charge < -0.3 is 24.6 Å². The minimum Gasteiger partial charge on any atom is -0.490 e. The van der Waals surface area contributed by atoms with E-state index < -0.39 is 0 Å². The Balaban J connectivity index is 0.00000392. The van der Waals surface area contributed by atoms with Crippen molar-refractivity contribution in [2.75, 3.05) is 20.3 Å². The van der Waals surface area contributed by atoms with Gasteiger partial charge in [-0.3, -0.25) is 4.99 Å². The molecule has 0 fully saturated rings. The fourth-order valence-electron chi connectivity index (χ4n) is 2.44. The predicted molar refractivity (Wildman–Crippen MR) is 122 cm³/mol. The molecule has 1 aromatic heterocycles. The number of hydrogen-bond donors (Lipinski definition) is 2. The van der Waals surface area contributed by atoms with Crippen molar-refractivity contribution in [1.29, 1.82) is 0 Å². The Morgan fingerprint density at radius 1 is 1.14 bits per heavy atom. The van der Waals surface area contributed by atoms with E-state index in [1.54, 1.807) is 13.3 Å². The largest absolute Gasteiger partial charge is 0.490 e. The molecule has 1 aromatic carbocycles. The van der Waals surface area contributed by atoms with Crippen molar-refractivity contribution in [2.45, 2.75) is 46.2 Å². The molecular weight excluding hydrogens is 471 g/mol.